The van der Waals surface area contributed by atoms with E-state index in [2.05, 4.69) is 20.5 Å². The van der Waals surface area contributed by atoms with Gasteiger partial charge in [0.1, 0.15) is 6.54 Å². The highest BCUT2D eigenvalue weighted by Gasteiger charge is 2.30. The Kier molecular flexibility index (Phi) is 4.40. The number of halogens is 4. The smallest absolute Gasteiger partial charge is 0.256 e. The number of hydrogen-bond donors (Lipinski definition) is 0. The van der Waals surface area contributed by atoms with Gasteiger partial charge in [-0.05, 0) is 34.2 Å². The largest absolute Gasteiger partial charge is 0.408 e. The molecule has 23 heavy (non-hydrogen) atoms. The standard InChI is InChI=1S/C13H9ClF3N5S/c14-10-4-3-8(11-9(10)2-1-5-18-11)6-23-12-19-20-21-22(12)7-13(15,16)17/h1-5H,6-7H2. The van der Waals surface area contributed by atoms with Gasteiger partial charge in [-0.1, -0.05) is 29.4 Å². The minimum atomic E-state index is -4.38. The van der Waals surface area contributed by atoms with Gasteiger partial charge in [0.2, 0.25) is 5.16 Å². The Labute approximate surface area is 137 Å². The summed E-state index contributed by atoms with van der Waals surface area (Å²) < 4.78 is 38.1. The molecule has 0 aliphatic rings. The highest BCUT2D eigenvalue weighted by molar-refractivity contribution is 7.98. The normalized spacial score (nSPS) is 12.0. The first kappa shape index (κ1) is 16.0. The van der Waals surface area contributed by atoms with Gasteiger partial charge >= 0.3 is 6.18 Å². The number of thioether (sulfide) groups is 1. The van der Waals surface area contributed by atoms with Crippen LogP contribution >= 0.6 is 23.4 Å². The van der Waals surface area contributed by atoms with E-state index in [9.17, 15) is 13.2 Å². The summed E-state index contributed by atoms with van der Waals surface area (Å²) in [5, 5.41) is 11.8. The van der Waals surface area contributed by atoms with Crippen LogP contribution in [0.2, 0.25) is 5.02 Å². The van der Waals surface area contributed by atoms with Crippen LogP contribution in [0, 0.1) is 0 Å². The number of aromatic nitrogens is 5. The summed E-state index contributed by atoms with van der Waals surface area (Å²) in [6.07, 6.45) is -2.74. The molecule has 0 saturated heterocycles. The van der Waals surface area contributed by atoms with E-state index < -0.39 is 12.7 Å². The molecule has 10 heteroatoms. The van der Waals surface area contributed by atoms with Crippen molar-refractivity contribution in [1.29, 1.82) is 0 Å². The van der Waals surface area contributed by atoms with Crippen molar-refractivity contribution in [2.24, 2.45) is 0 Å². The Bertz CT molecular complexity index is 836. The van der Waals surface area contributed by atoms with E-state index >= 15 is 0 Å². The SMILES string of the molecule is FC(F)(F)Cn1nnnc1SCc1ccc(Cl)c2cccnc12. The number of nitrogens with zero attached hydrogens (tertiary/aromatic N) is 5. The molecule has 0 radical (unpaired) electrons. The molecule has 0 aliphatic carbocycles. The van der Waals surface area contributed by atoms with Gasteiger partial charge in [-0.15, -0.1) is 5.10 Å². The van der Waals surface area contributed by atoms with E-state index in [1.54, 1.807) is 24.4 Å². The lowest BCUT2D eigenvalue weighted by atomic mass is 10.1. The monoisotopic (exact) mass is 359 g/mol. The van der Waals surface area contributed by atoms with Crippen LogP contribution in [0.5, 0.6) is 0 Å². The van der Waals surface area contributed by atoms with Crippen LogP contribution in [0.4, 0.5) is 13.2 Å². The van der Waals surface area contributed by atoms with Crippen molar-refractivity contribution in [2.45, 2.75) is 23.6 Å². The summed E-state index contributed by atoms with van der Waals surface area (Å²) in [5.41, 5.74) is 1.55. The van der Waals surface area contributed by atoms with Crippen molar-refractivity contribution in [3.05, 3.63) is 41.0 Å². The van der Waals surface area contributed by atoms with Gasteiger partial charge in [0.15, 0.2) is 0 Å². The molecule has 0 unspecified atom stereocenters. The van der Waals surface area contributed by atoms with Gasteiger partial charge in [0, 0.05) is 22.4 Å². The van der Waals surface area contributed by atoms with Crippen molar-refractivity contribution < 1.29 is 13.2 Å². The fourth-order valence-corrected chi connectivity index (χ4v) is 3.10. The zero-order valence-corrected chi connectivity index (χ0v) is 13.0. The lowest BCUT2D eigenvalue weighted by Gasteiger charge is -2.08. The van der Waals surface area contributed by atoms with E-state index in [-0.39, 0.29) is 5.16 Å². The van der Waals surface area contributed by atoms with Crippen molar-refractivity contribution in [3.63, 3.8) is 0 Å². The number of fused-ring (bicyclic) bond motifs is 1. The third-order valence-corrected chi connectivity index (χ3v) is 4.32. The topological polar surface area (TPSA) is 56.5 Å². The number of benzene rings is 1. The van der Waals surface area contributed by atoms with E-state index in [1.165, 1.54) is 0 Å². The number of tetrazole rings is 1. The van der Waals surface area contributed by atoms with Crippen molar-refractivity contribution >= 4 is 34.3 Å². The van der Waals surface area contributed by atoms with E-state index in [0.29, 0.717) is 16.3 Å². The van der Waals surface area contributed by atoms with Gasteiger partial charge in [-0.2, -0.15) is 13.2 Å². The molecule has 5 nitrogen and oxygen atoms in total. The van der Waals surface area contributed by atoms with Gasteiger partial charge in [-0.25, -0.2) is 4.68 Å². The molecular weight excluding hydrogens is 351 g/mol. The van der Waals surface area contributed by atoms with Crippen LogP contribution in [0.15, 0.2) is 35.6 Å². The lowest BCUT2D eigenvalue weighted by molar-refractivity contribution is -0.144. The molecule has 0 bridgehead atoms. The first-order chi connectivity index (χ1) is 10.9. The Morgan fingerprint density at radius 1 is 1.22 bits per heavy atom. The van der Waals surface area contributed by atoms with Gasteiger partial charge in [-0.3, -0.25) is 4.98 Å². The summed E-state index contributed by atoms with van der Waals surface area (Å²) in [6, 6.07) is 7.14. The van der Waals surface area contributed by atoms with E-state index in [4.69, 9.17) is 11.6 Å². The fourth-order valence-electron chi connectivity index (χ4n) is 2.02. The van der Waals surface area contributed by atoms with Gasteiger partial charge < -0.3 is 0 Å². The summed E-state index contributed by atoms with van der Waals surface area (Å²) >= 11 is 7.23. The molecule has 3 rings (SSSR count). The maximum absolute atomic E-state index is 12.5. The van der Waals surface area contributed by atoms with E-state index in [1.807, 2.05) is 6.07 Å². The number of hydrogen-bond acceptors (Lipinski definition) is 5. The van der Waals surface area contributed by atoms with Crippen molar-refractivity contribution in [3.8, 4) is 0 Å². The maximum atomic E-state index is 12.5. The van der Waals surface area contributed by atoms with Gasteiger partial charge in [0.05, 0.1) is 5.52 Å². The van der Waals surface area contributed by atoms with Crippen molar-refractivity contribution in [2.75, 3.05) is 0 Å². The highest BCUT2D eigenvalue weighted by Crippen LogP contribution is 2.29. The molecule has 0 atom stereocenters. The number of alkyl halides is 3. The maximum Gasteiger partial charge on any atom is 0.408 e. The molecule has 2 aromatic heterocycles. The zero-order valence-electron chi connectivity index (χ0n) is 11.5. The molecule has 0 amide bonds. The molecule has 0 saturated carbocycles. The molecule has 0 aliphatic heterocycles. The average Bonchev–Trinajstić information content (AvgIpc) is 2.92. The number of pyridine rings is 1. The van der Waals surface area contributed by atoms with Crippen LogP contribution in [0.1, 0.15) is 5.56 Å². The molecule has 2 heterocycles. The summed E-state index contributed by atoms with van der Waals surface area (Å²) in [6.45, 7) is -1.22. The molecule has 3 aromatic rings. The quantitative estimate of drug-likeness (QED) is 0.664. The van der Waals surface area contributed by atoms with Crippen LogP contribution in [0.3, 0.4) is 0 Å². The second kappa shape index (κ2) is 6.32. The summed E-state index contributed by atoms with van der Waals surface area (Å²) in [4.78, 5) is 4.29. The molecule has 120 valence electrons. The van der Waals surface area contributed by atoms with Crippen LogP contribution in [-0.2, 0) is 12.3 Å². The predicted molar refractivity (Wildman–Crippen MR) is 80.2 cm³/mol. The summed E-state index contributed by atoms with van der Waals surface area (Å²) in [5.74, 6) is 0.378. The minimum absolute atomic E-state index is 0.0985. The minimum Gasteiger partial charge on any atom is -0.256 e. The Morgan fingerprint density at radius 3 is 2.83 bits per heavy atom. The van der Waals surface area contributed by atoms with Crippen LogP contribution in [0.25, 0.3) is 10.9 Å². The molecule has 0 N–H and O–H groups in total. The Hall–Kier alpha value is -1.87. The van der Waals surface area contributed by atoms with E-state index in [0.717, 1.165) is 27.4 Å². The average molecular weight is 360 g/mol. The Balaban J connectivity index is 1.82. The Morgan fingerprint density at radius 2 is 2.04 bits per heavy atom. The lowest BCUT2D eigenvalue weighted by Crippen LogP contribution is -2.19. The number of rotatable bonds is 4. The first-order valence-electron chi connectivity index (χ1n) is 6.42. The highest BCUT2D eigenvalue weighted by atomic mass is 35.5. The second-order valence-electron chi connectivity index (χ2n) is 4.63. The third-order valence-electron chi connectivity index (χ3n) is 2.98. The summed E-state index contributed by atoms with van der Waals surface area (Å²) in [7, 11) is 0. The van der Waals surface area contributed by atoms with Crippen LogP contribution in [-0.4, -0.2) is 31.4 Å². The second-order valence-corrected chi connectivity index (χ2v) is 5.98. The van der Waals surface area contributed by atoms with Gasteiger partial charge in [0.25, 0.3) is 0 Å². The fraction of sp³-hybridized carbons (Fsp3) is 0.231. The molecule has 1 aromatic carbocycles. The zero-order chi connectivity index (χ0) is 16.4. The molecular formula is C13H9ClF3N5S. The molecule has 0 spiro atoms. The first-order valence-corrected chi connectivity index (χ1v) is 7.78. The molecule has 0 fully saturated rings. The van der Waals surface area contributed by atoms with Crippen molar-refractivity contribution in [1.82, 2.24) is 25.2 Å². The predicted octanol–water partition coefficient (Wildman–Crippen LogP) is 3.73. The van der Waals surface area contributed by atoms with Crippen LogP contribution < -0.4 is 0 Å². The third kappa shape index (κ3) is 3.73.